The van der Waals surface area contributed by atoms with Crippen molar-refractivity contribution in [3.8, 4) is 0 Å². The van der Waals surface area contributed by atoms with Gasteiger partial charge in [-0.15, -0.1) is 5.11 Å². The highest BCUT2D eigenvalue weighted by atomic mass is 15.7. The van der Waals surface area contributed by atoms with Crippen LogP contribution in [0.2, 0.25) is 0 Å². The first kappa shape index (κ1) is 14.3. The molecule has 0 bridgehead atoms. The summed E-state index contributed by atoms with van der Waals surface area (Å²) in [6, 6.07) is 20.8. The molecule has 1 aliphatic heterocycles. The molecule has 4 nitrogen and oxygen atoms in total. The second kappa shape index (κ2) is 6.43. The first-order valence-corrected chi connectivity index (χ1v) is 7.62. The summed E-state index contributed by atoms with van der Waals surface area (Å²) in [5.74, 6) is 0. The van der Waals surface area contributed by atoms with Crippen molar-refractivity contribution in [2.24, 2.45) is 10.3 Å². The number of hydrazine groups is 1. The van der Waals surface area contributed by atoms with Gasteiger partial charge in [0, 0.05) is 17.2 Å². The fourth-order valence-electron chi connectivity index (χ4n) is 2.50. The predicted octanol–water partition coefficient (Wildman–Crippen LogP) is 4.50. The van der Waals surface area contributed by atoms with Gasteiger partial charge in [0.1, 0.15) is 5.70 Å². The summed E-state index contributed by atoms with van der Waals surface area (Å²) in [7, 11) is 0. The van der Waals surface area contributed by atoms with Crippen LogP contribution < -0.4 is 5.53 Å². The van der Waals surface area contributed by atoms with Crippen LogP contribution in [-0.4, -0.2) is 11.1 Å². The van der Waals surface area contributed by atoms with E-state index in [1.807, 2.05) is 36.4 Å². The second-order valence-corrected chi connectivity index (χ2v) is 5.36. The molecule has 1 unspecified atom stereocenters. The highest BCUT2D eigenvalue weighted by Gasteiger charge is 2.24. The van der Waals surface area contributed by atoms with Crippen LogP contribution >= 0.6 is 0 Å². The Hall–Kier alpha value is -2.62. The minimum Gasteiger partial charge on any atom is -0.265 e. The fraction of sp³-hybridized carbons (Fsp3) is 0.222. The number of nitrogens with zero attached hydrogens (tertiary/aromatic N) is 3. The molecular weight excluding hydrogens is 272 g/mol. The van der Waals surface area contributed by atoms with Gasteiger partial charge < -0.3 is 0 Å². The maximum Gasteiger partial charge on any atom is 0.120 e. The number of rotatable bonds is 4. The molecular formula is C18H20N4. The first-order chi connectivity index (χ1) is 10.8. The lowest BCUT2D eigenvalue weighted by molar-refractivity contribution is 0.212. The van der Waals surface area contributed by atoms with Crippen molar-refractivity contribution in [1.29, 1.82) is 0 Å². The van der Waals surface area contributed by atoms with Gasteiger partial charge in [-0.3, -0.25) is 5.01 Å². The Morgan fingerprint density at radius 3 is 2.14 bits per heavy atom. The van der Waals surface area contributed by atoms with E-state index in [1.165, 1.54) is 0 Å². The van der Waals surface area contributed by atoms with E-state index >= 15 is 0 Å². The minimum absolute atomic E-state index is 0.313. The Bertz CT molecular complexity index is 677. The third-order valence-corrected chi connectivity index (χ3v) is 3.89. The normalized spacial score (nSPS) is 15.6. The molecule has 1 atom stereocenters. The summed E-state index contributed by atoms with van der Waals surface area (Å²) in [5, 5.41) is 10.6. The molecule has 1 heterocycles. The average molecular weight is 292 g/mol. The smallest absolute Gasteiger partial charge is 0.120 e. The van der Waals surface area contributed by atoms with E-state index in [-0.39, 0.29) is 0 Å². The Labute approximate surface area is 131 Å². The quantitative estimate of drug-likeness (QED) is 0.901. The fourth-order valence-corrected chi connectivity index (χ4v) is 2.50. The molecule has 0 aromatic heterocycles. The molecule has 2 aromatic carbocycles. The van der Waals surface area contributed by atoms with Gasteiger partial charge in [0.25, 0.3) is 0 Å². The van der Waals surface area contributed by atoms with E-state index in [0.717, 1.165) is 28.9 Å². The molecule has 1 N–H and O–H groups in total. The van der Waals surface area contributed by atoms with Gasteiger partial charge in [-0.05, 0) is 13.3 Å². The maximum absolute atomic E-state index is 4.38. The van der Waals surface area contributed by atoms with Crippen LogP contribution in [0.25, 0.3) is 11.4 Å². The van der Waals surface area contributed by atoms with Gasteiger partial charge >= 0.3 is 0 Å². The van der Waals surface area contributed by atoms with Gasteiger partial charge in [0.2, 0.25) is 0 Å². The zero-order valence-electron chi connectivity index (χ0n) is 12.9. The lowest BCUT2D eigenvalue weighted by atomic mass is 10.0. The molecule has 0 fully saturated rings. The molecule has 112 valence electrons. The van der Waals surface area contributed by atoms with Gasteiger partial charge in [-0.25, -0.2) is 0 Å². The van der Waals surface area contributed by atoms with Crippen molar-refractivity contribution < 1.29 is 0 Å². The Balaban J connectivity index is 2.18. The zero-order valence-corrected chi connectivity index (χ0v) is 12.9. The number of nitrogens with one attached hydrogen (secondary N) is 1. The van der Waals surface area contributed by atoms with Crippen molar-refractivity contribution >= 4 is 11.4 Å². The van der Waals surface area contributed by atoms with Gasteiger partial charge in [-0.2, -0.15) is 5.53 Å². The highest BCUT2D eigenvalue weighted by Crippen LogP contribution is 2.33. The van der Waals surface area contributed by atoms with Crippen molar-refractivity contribution in [3.05, 3.63) is 71.8 Å². The first-order valence-electron chi connectivity index (χ1n) is 7.62. The summed E-state index contributed by atoms with van der Waals surface area (Å²) in [6.07, 6.45) is 1.01. The maximum atomic E-state index is 4.38. The van der Waals surface area contributed by atoms with Crippen LogP contribution in [-0.2, 0) is 0 Å². The Morgan fingerprint density at radius 1 is 0.955 bits per heavy atom. The van der Waals surface area contributed by atoms with Crippen LogP contribution in [0.3, 0.4) is 0 Å². The molecule has 22 heavy (non-hydrogen) atoms. The number of benzene rings is 2. The van der Waals surface area contributed by atoms with Crippen LogP contribution in [0.4, 0.5) is 0 Å². The van der Waals surface area contributed by atoms with E-state index in [9.17, 15) is 0 Å². The van der Waals surface area contributed by atoms with E-state index < -0.39 is 0 Å². The lowest BCUT2D eigenvalue weighted by Crippen LogP contribution is -2.41. The summed E-state index contributed by atoms with van der Waals surface area (Å²) < 4.78 is 0. The summed E-state index contributed by atoms with van der Waals surface area (Å²) in [4.78, 5) is 0. The molecule has 0 aliphatic carbocycles. The van der Waals surface area contributed by atoms with Gasteiger partial charge in [-0.1, -0.05) is 72.8 Å². The molecule has 2 aromatic rings. The van der Waals surface area contributed by atoms with Crippen molar-refractivity contribution in [2.75, 3.05) is 0 Å². The molecule has 1 aliphatic rings. The minimum atomic E-state index is 0.313. The van der Waals surface area contributed by atoms with Crippen LogP contribution in [0, 0.1) is 0 Å². The Morgan fingerprint density at radius 2 is 1.55 bits per heavy atom. The van der Waals surface area contributed by atoms with E-state index in [0.29, 0.717) is 6.04 Å². The van der Waals surface area contributed by atoms with E-state index in [4.69, 9.17) is 0 Å². The van der Waals surface area contributed by atoms with E-state index in [1.54, 1.807) is 0 Å². The summed E-state index contributed by atoms with van der Waals surface area (Å²) >= 11 is 0. The van der Waals surface area contributed by atoms with Gasteiger partial charge in [0.05, 0.1) is 5.70 Å². The van der Waals surface area contributed by atoms with Crippen LogP contribution in [0.1, 0.15) is 31.4 Å². The molecule has 4 heteroatoms. The topological polar surface area (TPSA) is 40.0 Å². The zero-order chi connectivity index (χ0) is 15.4. The number of hydrogen-bond donors (Lipinski definition) is 1. The SMILES string of the molecule is CCC(C)N1NN=NC(c2ccccc2)=C1c1ccccc1. The Kier molecular flexibility index (Phi) is 4.19. The highest BCUT2D eigenvalue weighted by molar-refractivity contribution is 5.89. The third kappa shape index (κ3) is 2.72. The lowest BCUT2D eigenvalue weighted by Gasteiger charge is -2.34. The standard InChI is InChI=1S/C18H20N4/c1-3-14(2)22-18(16-12-8-5-9-13-16)17(19-20-21-22)15-10-6-4-7-11-15/h4-14H,3H2,1-2H3,(H,19,21). The molecule has 0 radical (unpaired) electrons. The molecule has 0 spiro atoms. The van der Waals surface area contributed by atoms with Crippen molar-refractivity contribution in [3.63, 3.8) is 0 Å². The molecule has 0 saturated carbocycles. The summed E-state index contributed by atoms with van der Waals surface area (Å²) in [5.41, 5.74) is 7.21. The summed E-state index contributed by atoms with van der Waals surface area (Å²) in [6.45, 7) is 4.35. The van der Waals surface area contributed by atoms with E-state index in [2.05, 4.69) is 59.0 Å². The van der Waals surface area contributed by atoms with Crippen LogP contribution in [0.5, 0.6) is 0 Å². The predicted molar refractivity (Wildman–Crippen MR) is 89.3 cm³/mol. The number of hydrogen-bond acceptors (Lipinski definition) is 4. The third-order valence-electron chi connectivity index (χ3n) is 3.89. The monoisotopic (exact) mass is 292 g/mol. The molecule has 0 amide bonds. The molecule has 0 saturated heterocycles. The average Bonchev–Trinajstić information content (AvgIpc) is 2.62. The van der Waals surface area contributed by atoms with Crippen molar-refractivity contribution in [1.82, 2.24) is 10.5 Å². The van der Waals surface area contributed by atoms with Crippen molar-refractivity contribution in [2.45, 2.75) is 26.3 Å². The largest absolute Gasteiger partial charge is 0.265 e. The van der Waals surface area contributed by atoms with Crippen LogP contribution in [0.15, 0.2) is 71.0 Å². The molecule has 3 rings (SSSR count). The second-order valence-electron chi connectivity index (χ2n) is 5.36. The van der Waals surface area contributed by atoms with Gasteiger partial charge in [0.15, 0.2) is 0 Å².